The van der Waals surface area contributed by atoms with Gasteiger partial charge in [-0.05, 0) is 25.7 Å². The molecule has 0 fully saturated rings. The average Bonchev–Trinajstić information content (AvgIpc) is 3.00. The van der Waals surface area contributed by atoms with Gasteiger partial charge in [0.1, 0.15) is 0 Å². The van der Waals surface area contributed by atoms with E-state index in [1.54, 1.807) is 0 Å². The van der Waals surface area contributed by atoms with E-state index in [0.29, 0.717) is 25.7 Å². The lowest BCUT2D eigenvalue weighted by Crippen LogP contribution is -2.16. The van der Waals surface area contributed by atoms with Crippen molar-refractivity contribution >= 4 is 23.9 Å². The van der Waals surface area contributed by atoms with Crippen LogP contribution in [0.25, 0.3) is 0 Å². The fourth-order valence-electron chi connectivity index (χ4n) is 4.46. The van der Waals surface area contributed by atoms with Gasteiger partial charge in [-0.3, -0.25) is 19.2 Å². The number of carbonyl (C=O) groups excluding carboxylic acids is 4. The lowest BCUT2D eigenvalue weighted by molar-refractivity contribution is -0.138. The topological polar surface area (TPSA) is 146 Å². The zero-order chi connectivity index (χ0) is 32.7. The fraction of sp³-hybridized carbons (Fsp3) is 0.706. The molecule has 250 valence electrons. The number of benzene rings is 1. The fourth-order valence-corrected chi connectivity index (χ4v) is 4.46. The van der Waals surface area contributed by atoms with Crippen LogP contribution >= 0.6 is 0 Å². The summed E-state index contributed by atoms with van der Waals surface area (Å²) in [6.07, 6.45) is 12.9. The molecule has 0 aliphatic rings. The van der Waals surface area contributed by atoms with Crippen LogP contribution < -0.4 is 18.9 Å². The number of phenols is 2. The number of unbranched alkanes of at least 4 members (excludes halogenated alkanes) is 12. The second-order valence-corrected chi connectivity index (χ2v) is 11.2. The third-order valence-electron chi connectivity index (χ3n) is 7.07. The van der Waals surface area contributed by atoms with E-state index in [9.17, 15) is 29.4 Å². The van der Waals surface area contributed by atoms with E-state index < -0.39 is 58.4 Å². The van der Waals surface area contributed by atoms with Crippen molar-refractivity contribution in [1.29, 1.82) is 0 Å². The van der Waals surface area contributed by atoms with E-state index in [1.165, 1.54) is 0 Å². The molecule has 0 amide bonds. The molecule has 10 nitrogen and oxygen atoms in total. The molecular weight excluding hydrogens is 568 g/mol. The molecule has 10 heteroatoms. The number of hydrogen-bond donors (Lipinski definition) is 2. The highest BCUT2D eigenvalue weighted by Gasteiger charge is 2.34. The van der Waals surface area contributed by atoms with E-state index in [4.69, 9.17) is 18.9 Å². The molecule has 1 aromatic carbocycles. The van der Waals surface area contributed by atoms with Crippen molar-refractivity contribution in [3.05, 3.63) is 0 Å². The molecule has 1 rings (SSSR count). The van der Waals surface area contributed by atoms with Gasteiger partial charge in [0.25, 0.3) is 0 Å². The predicted octanol–water partition coefficient (Wildman–Crippen LogP) is 8.60. The Balaban J connectivity index is 3.49. The van der Waals surface area contributed by atoms with Gasteiger partial charge < -0.3 is 29.2 Å². The molecule has 0 saturated heterocycles. The quantitative estimate of drug-likeness (QED) is 0.0497. The SMILES string of the molecule is CCCCCCC(=O)Oc1c(O)c(OC(=O)CCCCCC)c(OC(=O)CCCCCC)c(O)c1OC(=O)CCCCCC. The molecular formula is C34H54O10. The Labute approximate surface area is 262 Å². The number of ether oxygens (including phenoxy) is 4. The number of hydrogen-bond acceptors (Lipinski definition) is 10. The number of carbonyl (C=O) groups is 4. The van der Waals surface area contributed by atoms with E-state index in [2.05, 4.69) is 0 Å². The Kier molecular flexibility index (Phi) is 20.4. The minimum Gasteiger partial charge on any atom is -0.501 e. The third-order valence-corrected chi connectivity index (χ3v) is 7.07. The zero-order valence-electron chi connectivity index (χ0n) is 27.3. The Bertz CT molecular complexity index is 875. The molecule has 0 radical (unpaired) electrons. The van der Waals surface area contributed by atoms with Crippen molar-refractivity contribution in [2.75, 3.05) is 0 Å². The molecule has 0 atom stereocenters. The molecule has 0 heterocycles. The van der Waals surface area contributed by atoms with Crippen LogP contribution in [0, 0.1) is 0 Å². The van der Waals surface area contributed by atoms with Gasteiger partial charge in [-0.2, -0.15) is 0 Å². The highest BCUT2D eigenvalue weighted by molar-refractivity contribution is 5.86. The van der Waals surface area contributed by atoms with Crippen molar-refractivity contribution < 1.29 is 48.3 Å². The molecule has 44 heavy (non-hydrogen) atoms. The smallest absolute Gasteiger partial charge is 0.311 e. The van der Waals surface area contributed by atoms with Crippen LogP contribution in [0.15, 0.2) is 0 Å². The minimum absolute atomic E-state index is 0.00561. The number of esters is 4. The highest BCUT2D eigenvalue weighted by atomic mass is 16.6. The Hall–Kier alpha value is -3.30. The predicted molar refractivity (Wildman–Crippen MR) is 167 cm³/mol. The van der Waals surface area contributed by atoms with Gasteiger partial charge in [0.2, 0.25) is 34.5 Å². The normalized spacial score (nSPS) is 10.8. The summed E-state index contributed by atoms with van der Waals surface area (Å²) in [4.78, 5) is 51.0. The van der Waals surface area contributed by atoms with Gasteiger partial charge in [-0.1, -0.05) is 105 Å². The third kappa shape index (κ3) is 14.9. The zero-order valence-corrected chi connectivity index (χ0v) is 27.3. The first-order valence-electron chi connectivity index (χ1n) is 16.6. The van der Waals surface area contributed by atoms with Gasteiger partial charge in [0, 0.05) is 25.7 Å². The molecule has 0 saturated carbocycles. The first kappa shape index (κ1) is 38.7. The molecule has 2 N–H and O–H groups in total. The average molecular weight is 623 g/mol. The van der Waals surface area contributed by atoms with E-state index in [1.807, 2.05) is 27.7 Å². The molecule has 0 aliphatic heterocycles. The minimum atomic E-state index is -0.894. The number of aromatic hydroxyl groups is 2. The maximum absolute atomic E-state index is 12.7. The number of rotatable bonds is 24. The van der Waals surface area contributed by atoms with Crippen molar-refractivity contribution in [3.63, 3.8) is 0 Å². The standard InChI is InChI=1S/C34H54O10/c1-5-9-13-17-21-25(35)41-31-29(39)33(43-27(37)23-19-15-11-7-3)34(44-28(38)24-20-16-12-8-4)30(40)32(31)42-26(36)22-18-14-10-6-2/h39-40H,5-24H2,1-4H3. The second-order valence-electron chi connectivity index (χ2n) is 11.2. The molecule has 0 aliphatic carbocycles. The van der Waals surface area contributed by atoms with Gasteiger partial charge in [-0.15, -0.1) is 0 Å². The van der Waals surface area contributed by atoms with Crippen molar-refractivity contribution in [1.82, 2.24) is 0 Å². The molecule has 0 aromatic heterocycles. The van der Waals surface area contributed by atoms with Crippen LogP contribution in [-0.2, 0) is 19.2 Å². The van der Waals surface area contributed by atoms with Crippen molar-refractivity contribution in [3.8, 4) is 34.5 Å². The summed E-state index contributed by atoms with van der Waals surface area (Å²) < 4.78 is 21.6. The molecule has 0 spiro atoms. The van der Waals surface area contributed by atoms with Gasteiger partial charge in [-0.25, -0.2) is 0 Å². The monoisotopic (exact) mass is 622 g/mol. The molecule has 0 bridgehead atoms. The maximum Gasteiger partial charge on any atom is 0.311 e. The van der Waals surface area contributed by atoms with E-state index >= 15 is 0 Å². The van der Waals surface area contributed by atoms with Crippen LogP contribution in [0.3, 0.4) is 0 Å². The summed E-state index contributed by atoms with van der Waals surface area (Å²) in [7, 11) is 0. The summed E-state index contributed by atoms with van der Waals surface area (Å²) in [6, 6.07) is 0. The summed E-state index contributed by atoms with van der Waals surface area (Å²) in [5.74, 6) is -7.47. The largest absolute Gasteiger partial charge is 0.501 e. The summed E-state index contributed by atoms with van der Waals surface area (Å²) in [5.41, 5.74) is 0. The molecule has 0 unspecified atom stereocenters. The lowest BCUT2D eigenvalue weighted by atomic mass is 10.1. The van der Waals surface area contributed by atoms with Crippen LogP contribution in [0.4, 0.5) is 0 Å². The van der Waals surface area contributed by atoms with Gasteiger partial charge in [0.05, 0.1) is 0 Å². The highest BCUT2D eigenvalue weighted by Crippen LogP contribution is 2.57. The first-order chi connectivity index (χ1) is 21.2. The van der Waals surface area contributed by atoms with Crippen molar-refractivity contribution in [2.45, 2.75) is 156 Å². The Morgan fingerprint density at radius 1 is 0.386 bits per heavy atom. The number of phenolic OH excluding ortho intramolecular Hbond substituents is 2. The molecule has 1 aromatic rings. The Morgan fingerprint density at radius 2 is 0.591 bits per heavy atom. The van der Waals surface area contributed by atoms with Crippen LogP contribution in [0.1, 0.15) is 156 Å². The van der Waals surface area contributed by atoms with Crippen molar-refractivity contribution in [2.24, 2.45) is 0 Å². The first-order valence-corrected chi connectivity index (χ1v) is 16.6. The van der Waals surface area contributed by atoms with Crippen LogP contribution in [-0.4, -0.2) is 34.1 Å². The van der Waals surface area contributed by atoms with Gasteiger partial charge >= 0.3 is 23.9 Å². The lowest BCUT2D eigenvalue weighted by Gasteiger charge is -2.19. The van der Waals surface area contributed by atoms with Gasteiger partial charge in [0.15, 0.2) is 0 Å². The summed E-state index contributed by atoms with van der Waals surface area (Å²) in [5, 5.41) is 22.5. The van der Waals surface area contributed by atoms with E-state index in [0.717, 1.165) is 77.0 Å². The second kappa shape index (κ2) is 23.1. The van der Waals surface area contributed by atoms with Crippen LogP contribution in [0.2, 0.25) is 0 Å². The van der Waals surface area contributed by atoms with Crippen LogP contribution in [0.5, 0.6) is 34.5 Å². The maximum atomic E-state index is 12.7. The van der Waals surface area contributed by atoms with E-state index in [-0.39, 0.29) is 25.7 Å². The summed E-state index contributed by atoms with van der Waals surface area (Å²) >= 11 is 0. The summed E-state index contributed by atoms with van der Waals surface area (Å²) in [6.45, 7) is 8.14. The Morgan fingerprint density at radius 3 is 0.773 bits per heavy atom.